The normalized spacial score (nSPS) is 10.7. The zero-order valence-electron chi connectivity index (χ0n) is 13.6. The number of carbonyl (C=O) groups excluding carboxylic acids is 1. The molecule has 1 N–H and O–H groups in total. The average Bonchev–Trinajstić information content (AvgIpc) is 3.36. The number of nitrogens with zero attached hydrogens (tertiary/aromatic N) is 2. The number of anilines is 1. The highest BCUT2D eigenvalue weighted by Gasteiger charge is 2.14. The van der Waals surface area contributed by atoms with Crippen LogP contribution in [0.4, 0.5) is 10.1 Å². The fourth-order valence-corrected chi connectivity index (χ4v) is 3.36. The van der Waals surface area contributed by atoms with Crippen molar-refractivity contribution in [3.8, 4) is 16.3 Å². The van der Waals surface area contributed by atoms with E-state index in [2.05, 4.69) is 10.3 Å². The molecule has 0 bridgehead atoms. The second-order valence-electron chi connectivity index (χ2n) is 5.61. The summed E-state index contributed by atoms with van der Waals surface area (Å²) in [5.74, 6) is -0.931. The van der Waals surface area contributed by atoms with Gasteiger partial charge in [0.1, 0.15) is 16.5 Å². The van der Waals surface area contributed by atoms with Gasteiger partial charge in [0.15, 0.2) is 0 Å². The first-order valence-corrected chi connectivity index (χ1v) is 8.84. The van der Waals surface area contributed by atoms with Gasteiger partial charge in [0.05, 0.1) is 5.69 Å². The third-order valence-corrected chi connectivity index (χ3v) is 4.75. The van der Waals surface area contributed by atoms with Gasteiger partial charge in [-0.15, -0.1) is 11.3 Å². The standard InChI is InChI=1S/C20H14FN3OS/c21-16-9-8-15(24-10-4-5-11-24)12-17(16)22-19(25)18-13-26-20(23-18)14-6-2-1-3-7-14/h1-13H,(H,22,25). The van der Waals surface area contributed by atoms with Crippen LogP contribution in [0, 0.1) is 5.82 Å². The molecule has 4 rings (SSSR count). The van der Waals surface area contributed by atoms with E-state index in [0.717, 1.165) is 16.3 Å². The van der Waals surface area contributed by atoms with Crippen LogP contribution in [0.5, 0.6) is 0 Å². The first-order valence-electron chi connectivity index (χ1n) is 7.96. The molecule has 0 aliphatic rings. The van der Waals surface area contributed by atoms with Crippen molar-refractivity contribution in [3.05, 3.63) is 89.9 Å². The largest absolute Gasteiger partial charge is 0.324 e. The maximum absolute atomic E-state index is 14.1. The number of nitrogens with one attached hydrogen (secondary N) is 1. The Bertz CT molecular complexity index is 1040. The molecular weight excluding hydrogens is 349 g/mol. The summed E-state index contributed by atoms with van der Waals surface area (Å²) < 4.78 is 16.0. The Labute approximate surface area is 153 Å². The van der Waals surface area contributed by atoms with Gasteiger partial charge in [0.2, 0.25) is 0 Å². The molecular formula is C20H14FN3OS. The van der Waals surface area contributed by atoms with Gasteiger partial charge >= 0.3 is 0 Å². The minimum atomic E-state index is -0.493. The number of benzene rings is 2. The summed E-state index contributed by atoms with van der Waals surface area (Å²) >= 11 is 1.38. The van der Waals surface area contributed by atoms with E-state index in [1.54, 1.807) is 17.5 Å². The van der Waals surface area contributed by atoms with E-state index < -0.39 is 11.7 Å². The van der Waals surface area contributed by atoms with Crippen LogP contribution in [0.3, 0.4) is 0 Å². The molecule has 6 heteroatoms. The number of carbonyl (C=O) groups is 1. The lowest BCUT2D eigenvalue weighted by molar-refractivity contribution is 0.102. The molecule has 0 radical (unpaired) electrons. The Hall–Kier alpha value is -3.25. The van der Waals surface area contributed by atoms with E-state index in [-0.39, 0.29) is 11.4 Å². The first-order chi connectivity index (χ1) is 12.7. The summed E-state index contributed by atoms with van der Waals surface area (Å²) in [6.07, 6.45) is 3.71. The topological polar surface area (TPSA) is 46.9 Å². The number of hydrogen-bond donors (Lipinski definition) is 1. The van der Waals surface area contributed by atoms with Crippen LogP contribution in [-0.2, 0) is 0 Å². The molecule has 26 heavy (non-hydrogen) atoms. The van der Waals surface area contributed by atoms with Crippen molar-refractivity contribution in [2.24, 2.45) is 0 Å². The summed E-state index contributed by atoms with van der Waals surface area (Å²) in [5.41, 5.74) is 2.09. The lowest BCUT2D eigenvalue weighted by atomic mass is 10.2. The third-order valence-electron chi connectivity index (χ3n) is 3.86. The maximum Gasteiger partial charge on any atom is 0.275 e. The fourth-order valence-electron chi connectivity index (χ4n) is 2.55. The number of halogens is 1. The van der Waals surface area contributed by atoms with Crippen molar-refractivity contribution in [2.75, 3.05) is 5.32 Å². The van der Waals surface area contributed by atoms with Crippen LogP contribution in [0.25, 0.3) is 16.3 Å². The highest BCUT2D eigenvalue weighted by molar-refractivity contribution is 7.13. The molecule has 2 heterocycles. The Morgan fingerprint density at radius 2 is 1.81 bits per heavy atom. The molecule has 0 saturated carbocycles. The lowest BCUT2D eigenvalue weighted by Gasteiger charge is -2.08. The van der Waals surface area contributed by atoms with Gasteiger partial charge < -0.3 is 9.88 Å². The minimum Gasteiger partial charge on any atom is -0.324 e. The Morgan fingerprint density at radius 3 is 2.58 bits per heavy atom. The van der Waals surface area contributed by atoms with E-state index in [1.807, 2.05) is 59.4 Å². The van der Waals surface area contributed by atoms with Crippen LogP contribution in [0.15, 0.2) is 78.4 Å². The van der Waals surface area contributed by atoms with Gasteiger partial charge in [-0.1, -0.05) is 30.3 Å². The molecule has 1 amide bonds. The predicted octanol–water partition coefficient (Wildman–Crippen LogP) is 4.99. The molecule has 128 valence electrons. The van der Waals surface area contributed by atoms with Crippen molar-refractivity contribution in [2.45, 2.75) is 0 Å². The number of thiazole rings is 1. The quantitative estimate of drug-likeness (QED) is 0.555. The highest BCUT2D eigenvalue weighted by Crippen LogP contribution is 2.25. The Morgan fingerprint density at radius 1 is 1.04 bits per heavy atom. The molecule has 4 aromatic rings. The van der Waals surface area contributed by atoms with Gasteiger partial charge in [-0.3, -0.25) is 4.79 Å². The number of amides is 1. The first kappa shape index (κ1) is 16.2. The van der Waals surface area contributed by atoms with Crippen molar-refractivity contribution in [1.82, 2.24) is 9.55 Å². The molecule has 0 fully saturated rings. The molecule has 0 aliphatic heterocycles. The molecule has 0 spiro atoms. The Kier molecular flexibility index (Phi) is 4.33. The summed E-state index contributed by atoms with van der Waals surface area (Å²) in [6.45, 7) is 0. The smallest absolute Gasteiger partial charge is 0.275 e. The van der Waals surface area contributed by atoms with Crippen LogP contribution in [0.1, 0.15) is 10.5 Å². The van der Waals surface area contributed by atoms with Gasteiger partial charge in [-0.2, -0.15) is 0 Å². The molecule has 2 aromatic heterocycles. The van der Waals surface area contributed by atoms with Gasteiger partial charge in [-0.25, -0.2) is 9.37 Å². The zero-order valence-corrected chi connectivity index (χ0v) is 14.4. The minimum absolute atomic E-state index is 0.121. The van der Waals surface area contributed by atoms with Crippen LogP contribution < -0.4 is 5.32 Å². The van der Waals surface area contributed by atoms with E-state index >= 15 is 0 Å². The summed E-state index contributed by atoms with van der Waals surface area (Å²) in [6, 6.07) is 18.0. The second kappa shape index (κ2) is 6.93. The Balaban J connectivity index is 1.57. The molecule has 4 nitrogen and oxygen atoms in total. The lowest BCUT2D eigenvalue weighted by Crippen LogP contribution is -2.13. The molecule has 0 unspecified atom stereocenters. The van der Waals surface area contributed by atoms with Crippen LogP contribution >= 0.6 is 11.3 Å². The molecule has 0 aliphatic carbocycles. The summed E-state index contributed by atoms with van der Waals surface area (Å²) in [7, 11) is 0. The van der Waals surface area contributed by atoms with Crippen molar-refractivity contribution in [1.29, 1.82) is 0 Å². The molecule has 0 atom stereocenters. The van der Waals surface area contributed by atoms with Gasteiger partial charge in [0, 0.05) is 29.0 Å². The molecule has 2 aromatic carbocycles. The van der Waals surface area contributed by atoms with Gasteiger partial charge in [0.25, 0.3) is 5.91 Å². The van der Waals surface area contributed by atoms with Gasteiger partial charge in [-0.05, 0) is 30.3 Å². The summed E-state index contributed by atoms with van der Waals surface area (Å²) in [5, 5.41) is 5.03. The second-order valence-corrected chi connectivity index (χ2v) is 6.47. The zero-order chi connectivity index (χ0) is 17.9. The number of aromatic nitrogens is 2. The van der Waals surface area contributed by atoms with E-state index in [0.29, 0.717) is 0 Å². The van der Waals surface area contributed by atoms with Crippen molar-refractivity contribution < 1.29 is 9.18 Å². The van der Waals surface area contributed by atoms with Crippen LogP contribution in [0.2, 0.25) is 0 Å². The monoisotopic (exact) mass is 363 g/mol. The van der Waals surface area contributed by atoms with Crippen molar-refractivity contribution >= 4 is 22.9 Å². The SMILES string of the molecule is O=C(Nc1cc(-n2cccc2)ccc1F)c1csc(-c2ccccc2)n1. The third kappa shape index (κ3) is 3.27. The average molecular weight is 363 g/mol. The van der Waals surface area contributed by atoms with E-state index in [1.165, 1.54) is 17.4 Å². The predicted molar refractivity (Wildman–Crippen MR) is 101 cm³/mol. The van der Waals surface area contributed by atoms with Crippen LogP contribution in [-0.4, -0.2) is 15.5 Å². The highest BCUT2D eigenvalue weighted by atomic mass is 32.1. The fraction of sp³-hybridized carbons (Fsp3) is 0. The van der Waals surface area contributed by atoms with E-state index in [9.17, 15) is 9.18 Å². The number of hydrogen-bond acceptors (Lipinski definition) is 3. The molecule has 0 saturated heterocycles. The number of rotatable bonds is 4. The van der Waals surface area contributed by atoms with E-state index in [4.69, 9.17) is 0 Å². The summed E-state index contributed by atoms with van der Waals surface area (Å²) in [4.78, 5) is 16.8. The maximum atomic E-state index is 14.1. The van der Waals surface area contributed by atoms with Crippen molar-refractivity contribution in [3.63, 3.8) is 0 Å².